The van der Waals surface area contributed by atoms with Crippen molar-refractivity contribution in [3.05, 3.63) is 58.6 Å². The number of carbonyl (C=O) groups is 2. The average Bonchev–Trinajstić information content (AvgIpc) is 3.12. The van der Waals surface area contributed by atoms with E-state index in [9.17, 15) is 18.0 Å². The number of carbonyl (C=O) groups excluding carboxylic acids is 2. The smallest absolute Gasteiger partial charge is 0.317 e. The number of halogens is 1. The molecule has 0 radical (unpaired) electrons. The van der Waals surface area contributed by atoms with Gasteiger partial charge in [-0.25, -0.2) is 13.6 Å². The number of nitrogens with zero attached hydrogens (tertiary/aromatic N) is 1. The summed E-state index contributed by atoms with van der Waals surface area (Å²) in [6, 6.07) is 11.5. The summed E-state index contributed by atoms with van der Waals surface area (Å²) in [5, 5.41) is 5.79. The highest BCUT2D eigenvalue weighted by Gasteiger charge is 2.43. The van der Waals surface area contributed by atoms with E-state index in [0.717, 1.165) is 30.4 Å². The van der Waals surface area contributed by atoms with E-state index in [4.69, 9.17) is 21.5 Å². The number of sulfonamides is 1. The molecule has 0 aromatic heterocycles. The van der Waals surface area contributed by atoms with Crippen LogP contribution < -0.4 is 10.0 Å². The van der Waals surface area contributed by atoms with Gasteiger partial charge in [-0.2, -0.15) is 0 Å². The Kier molecular flexibility index (Phi) is 6.53. The molecular formula is C24H27ClN2O5S. The van der Waals surface area contributed by atoms with Crippen LogP contribution >= 0.6 is 11.6 Å². The van der Waals surface area contributed by atoms with Crippen LogP contribution in [0.15, 0.2) is 47.4 Å². The molecule has 0 saturated heterocycles. The van der Waals surface area contributed by atoms with Gasteiger partial charge in [-0.05, 0) is 67.6 Å². The Hall–Kier alpha value is -2.42. The molecule has 4 rings (SSSR count). The summed E-state index contributed by atoms with van der Waals surface area (Å²) < 4.78 is 28.9. The first kappa shape index (κ1) is 23.7. The van der Waals surface area contributed by atoms with Crippen LogP contribution in [0.25, 0.3) is 0 Å². The molecule has 0 bridgehead atoms. The lowest BCUT2D eigenvalue weighted by molar-refractivity contribution is -0.155. The highest BCUT2D eigenvalue weighted by molar-refractivity contribution is 7.89. The maximum absolute atomic E-state index is 13.3. The summed E-state index contributed by atoms with van der Waals surface area (Å²) in [6.45, 7) is 1.48. The van der Waals surface area contributed by atoms with Gasteiger partial charge in [0.15, 0.2) is 6.61 Å². The fourth-order valence-electron chi connectivity index (χ4n) is 5.05. The fourth-order valence-corrected chi connectivity index (χ4v) is 5.81. The lowest BCUT2D eigenvalue weighted by atomic mass is 9.69. The largest absolute Gasteiger partial charge is 0.455 e. The molecule has 2 N–H and O–H groups in total. The van der Waals surface area contributed by atoms with Crippen molar-refractivity contribution in [3.8, 4) is 0 Å². The SMILES string of the molecule is C[C@H]1Cc2cc(S(N)(=O)=O)ccc2N1C(=O)COC(=O)C1(c2cccc(Cl)c2)CCCCC1. The number of hydrogen-bond donors (Lipinski definition) is 1. The fraction of sp³-hybridized carbons (Fsp3) is 0.417. The summed E-state index contributed by atoms with van der Waals surface area (Å²) in [4.78, 5) is 28.0. The van der Waals surface area contributed by atoms with E-state index >= 15 is 0 Å². The van der Waals surface area contributed by atoms with Crippen molar-refractivity contribution >= 4 is 39.2 Å². The molecule has 0 spiro atoms. The number of primary sulfonamides is 1. The minimum atomic E-state index is -3.83. The van der Waals surface area contributed by atoms with Crippen LogP contribution in [0.5, 0.6) is 0 Å². The Morgan fingerprint density at radius 1 is 1.15 bits per heavy atom. The van der Waals surface area contributed by atoms with E-state index in [1.54, 1.807) is 23.1 Å². The average molecular weight is 491 g/mol. The van der Waals surface area contributed by atoms with Crippen molar-refractivity contribution in [2.24, 2.45) is 5.14 Å². The van der Waals surface area contributed by atoms with Crippen molar-refractivity contribution in [1.29, 1.82) is 0 Å². The van der Waals surface area contributed by atoms with Crippen molar-refractivity contribution in [3.63, 3.8) is 0 Å². The Bertz CT molecular complexity index is 1190. The molecule has 2 aromatic carbocycles. The van der Waals surface area contributed by atoms with Crippen LogP contribution in [-0.2, 0) is 36.2 Å². The third-order valence-corrected chi connectivity index (χ3v) is 7.81. The number of hydrogen-bond acceptors (Lipinski definition) is 5. The second kappa shape index (κ2) is 9.08. The molecule has 1 fully saturated rings. The Morgan fingerprint density at radius 2 is 1.88 bits per heavy atom. The van der Waals surface area contributed by atoms with E-state index in [1.807, 2.05) is 19.1 Å². The lowest BCUT2D eigenvalue weighted by Crippen LogP contribution is -2.43. The van der Waals surface area contributed by atoms with Crippen LogP contribution in [0.1, 0.15) is 50.2 Å². The third-order valence-electron chi connectivity index (χ3n) is 6.67. The number of fused-ring (bicyclic) bond motifs is 1. The number of amides is 1. The number of nitrogens with two attached hydrogens (primary N) is 1. The van der Waals surface area contributed by atoms with Crippen molar-refractivity contribution in [1.82, 2.24) is 0 Å². The second-order valence-electron chi connectivity index (χ2n) is 8.88. The molecule has 2 aromatic rings. The number of benzene rings is 2. The molecule has 2 aliphatic rings. The molecule has 1 saturated carbocycles. The minimum Gasteiger partial charge on any atom is -0.455 e. The molecule has 1 amide bonds. The van der Waals surface area contributed by atoms with E-state index < -0.39 is 21.4 Å². The number of esters is 1. The molecule has 1 heterocycles. The van der Waals surface area contributed by atoms with Gasteiger partial charge in [0.1, 0.15) is 0 Å². The number of anilines is 1. The van der Waals surface area contributed by atoms with Gasteiger partial charge in [0.25, 0.3) is 5.91 Å². The first-order valence-corrected chi connectivity index (χ1v) is 13.0. The quantitative estimate of drug-likeness (QED) is 0.643. The van der Waals surface area contributed by atoms with Crippen LogP contribution in [0.4, 0.5) is 5.69 Å². The minimum absolute atomic E-state index is 0.00920. The Morgan fingerprint density at radius 3 is 2.55 bits per heavy atom. The predicted molar refractivity (Wildman–Crippen MR) is 126 cm³/mol. The molecule has 9 heteroatoms. The first-order chi connectivity index (χ1) is 15.6. The van der Waals surface area contributed by atoms with E-state index in [0.29, 0.717) is 30.0 Å². The van der Waals surface area contributed by atoms with Crippen molar-refractivity contribution in [2.45, 2.75) is 61.8 Å². The first-order valence-electron chi connectivity index (χ1n) is 11.0. The molecule has 176 valence electrons. The zero-order valence-electron chi connectivity index (χ0n) is 18.4. The number of ether oxygens (including phenoxy) is 1. The van der Waals surface area contributed by atoms with Crippen LogP contribution in [-0.4, -0.2) is 32.9 Å². The Labute approximate surface area is 198 Å². The molecule has 33 heavy (non-hydrogen) atoms. The maximum Gasteiger partial charge on any atom is 0.317 e. The lowest BCUT2D eigenvalue weighted by Gasteiger charge is -2.35. The zero-order chi connectivity index (χ0) is 23.8. The molecule has 7 nitrogen and oxygen atoms in total. The molecular weight excluding hydrogens is 464 g/mol. The number of rotatable bonds is 5. The van der Waals surface area contributed by atoms with Gasteiger partial charge in [0.05, 0.1) is 10.3 Å². The topological polar surface area (TPSA) is 107 Å². The van der Waals surface area contributed by atoms with Crippen LogP contribution in [0.3, 0.4) is 0 Å². The van der Waals surface area contributed by atoms with E-state index in [1.165, 1.54) is 12.1 Å². The third kappa shape index (κ3) is 4.65. The monoisotopic (exact) mass is 490 g/mol. The summed E-state index contributed by atoms with van der Waals surface area (Å²) >= 11 is 6.19. The highest BCUT2D eigenvalue weighted by Crippen LogP contribution is 2.41. The predicted octanol–water partition coefficient (Wildman–Crippen LogP) is 3.71. The van der Waals surface area contributed by atoms with E-state index in [2.05, 4.69) is 0 Å². The Balaban J connectivity index is 1.52. The summed E-state index contributed by atoms with van der Waals surface area (Å²) in [6.07, 6.45) is 4.65. The summed E-state index contributed by atoms with van der Waals surface area (Å²) in [5.41, 5.74) is 1.35. The zero-order valence-corrected chi connectivity index (χ0v) is 20.0. The van der Waals surface area contributed by atoms with Crippen molar-refractivity contribution < 1.29 is 22.7 Å². The summed E-state index contributed by atoms with van der Waals surface area (Å²) in [5.74, 6) is -0.760. The van der Waals surface area contributed by atoms with Crippen LogP contribution in [0.2, 0.25) is 5.02 Å². The van der Waals surface area contributed by atoms with Gasteiger partial charge >= 0.3 is 5.97 Å². The van der Waals surface area contributed by atoms with Gasteiger partial charge in [-0.1, -0.05) is 43.0 Å². The van der Waals surface area contributed by atoms with E-state index in [-0.39, 0.29) is 23.5 Å². The molecule has 1 atom stereocenters. The van der Waals surface area contributed by atoms with Gasteiger partial charge in [0.2, 0.25) is 10.0 Å². The van der Waals surface area contributed by atoms with Gasteiger partial charge in [-0.3, -0.25) is 9.59 Å². The maximum atomic E-state index is 13.3. The van der Waals surface area contributed by atoms with Crippen LogP contribution in [0, 0.1) is 0 Å². The molecule has 1 aliphatic heterocycles. The van der Waals surface area contributed by atoms with Gasteiger partial charge < -0.3 is 9.64 Å². The highest BCUT2D eigenvalue weighted by atomic mass is 35.5. The normalized spacial score (nSPS) is 19.7. The van der Waals surface area contributed by atoms with Crippen molar-refractivity contribution in [2.75, 3.05) is 11.5 Å². The standard InChI is InChI=1S/C24H27ClN2O5S/c1-16-12-17-13-20(33(26,30)31)8-9-21(17)27(16)22(28)15-32-23(29)24(10-3-2-4-11-24)18-6-5-7-19(25)14-18/h5-9,13-14,16H,2-4,10-12,15H2,1H3,(H2,26,30,31)/t16-/m0/s1. The van der Waals surface area contributed by atoms with Gasteiger partial charge in [-0.15, -0.1) is 0 Å². The molecule has 1 aliphatic carbocycles. The van der Waals surface area contributed by atoms with Gasteiger partial charge in [0, 0.05) is 16.8 Å². The summed E-state index contributed by atoms with van der Waals surface area (Å²) in [7, 11) is -3.83. The second-order valence-corrected chi connectivity index (χ2v) is 10.9. The molecule has 0 unspecified atom stereocenters.